The Labute approximate surface area is 71.4 Å². The van der Waals surface area contributed by atoms with Gasteiger partial charge in [-0.1, -0.05) is 0 Å². The number of nitrogens with two attached hydrogens (primary N) is 1. The van der Waals surface area contributed by atoms with Gasteiger partial charge in [-0.25, -0.2) is 13.2 Å². The fourth-order valence-electron chi connectivity index (χ4n) is 0.744. The molecular weight excluding hydrogens is 185 g/mol. The summed E-state index contributed by atoms with van der Waals surface area (Å²) in [6.07, 6.45) is -2.19. The Kier molecular flexibility index (Phi) is 2.50. The summed E-state index contributed by atoms with van der Waals surface area (Å²) in [5.41, 5.74) is 3.56. The second-order valence-electron chi connectivity index (χ2n) is 2.26. The van der Waals surface area contributed by atoms with Gasteiger partial charge in [-0.05, 0) is 6.07 Å². The number of primary amides is 1. The molecule has 0 saturated heterocycles. The van der Waals surface area contributed by atoms with Crippen LogP contribution in [0.4, 0.5) is 13.2 Å². The van der Waals surface area contributed by atoms with Gasteiger partial charge in [-0.3, -0.25) is 9.78 Å². The molecule has 0 spiro atoms. The molecule has 0 aliphatic carbocycles. The van der Waals surface area contributed by atoms with Crippen molar-refractivity contribution in [2.24, 2.45) is 5.73 Å². The number of hydrogen-bond donors (Lipinski definition) is 1. The number of aromatic nitrogens is 1. The van der Waals surface area contributed by atoms with Crippen molar-refractivity contribution in [1.82, 2.24) is 4.98 Å². The van der Waals surface area contributed by atoms with E-state index in [2.05, 4.69) is 4.98 Å². The van der Waals surface area contributed by atoms with Crippen LogP contribution in [0.1, 0.15) is 22.5 Å². The highest BCUT2D eigenvalue weighted by Gasteiger charge is 2.16. The van der Waals surface area contributed by atoms with Crippen molar-refractivity contribution in [2.75, 3.05) is 0 Å². The number of hydrogen-bond acceptors (Lipinski definition) is 2. The van der Waals surface area contributed by atoms with Crippen molar-refractivity contribution >= 4 is 5.91 Å². The first-order valence-electron chi connectivity index (χ1n) is 3.25. The zero-order valence-electron chi connectivity index (χ0n) is 6.30. The van der Waals surface area contributed by atoms with Gasteiger partial charge in [0.05, 0.1) is 5.56 Å². The molecule has 1 heterocycles. The van der Waals surface area contributed by atoms with Crippen molar-refractivity contribution in [3.05, 3.63) is 29.3 Å². The van der Waals surface area contributed by atoms with Gasteiger partial charge < -0.3 is 5.73 Å². The number of nitrogens with zero attached hydrogens (tertiary/aromatic N) is 1. The van der Waals surface area contributed by atoms with Gasteiger partial charge in [0, 0.05) is 6.20 Å². The van der Waals surface area contributed by atoms with Crippen LogP contribution in [0.5, 0.6) is 0 Å². The third-order valence-corrected chi connectivity index (χ3v) is 1.36. The van der Waals surface area contributed by atoms with Gasteiger partial charge in [-0.15, -0.1) is 0 Å². The largest absolute Gasteiger partial charge is 0.366 e. The predicted octanol–water partition coefficient (Wildman–Crippen LogP) is 1.26. The van der Waals surface area contributed by atoms with Crippen molar-refractivity contribution in [3.63, 3.8) is 0 Å². The highest BCUT2D eigenvalue weighted by molar-refractivity contribution is 5.92. The minimum absolute atomic E-state index is 0.234. The number of rotatable bonds is 2. The van der Waals surface area contributed by atoms with Crippen LogP contribution in [-0.4, -0.2) is 10.9 Å². The van der Waals surface area contributed by atoms with Crippen LogP contribution in [0.2, 0.25) is 0 Å². The van der Waals surface area contributed by atoms with E-state index in [0.717, 1.165) is 6.20 Å². The molecule has 0 atom stereocenters. The second kappa shape index (κ2) is 3.42. The summed E-state index contributed by atoms with van der Waals surface area (Å²) in [6, 6.07) is 0.636. The van der Waals surface area contributed by atoms with E-state index in [4.69, 9.17) is 5.73 Å². The summed E-state index contributed by atoms with van der Waals surface area (Å²) >= 11 is 0. The molecule has 6 heteroatoms. The molecule has 0 radical (unpaired) electrons. The minimum Gasteiger partial charge on any atom is -0.366 e. The second-order valence-corrected chi connectivity index (χ2v) is 2.26. The minimum atomic E-state index is -3.00. The molecule has 0 unspecified atom stereocenters. The number of alkyl halides is 2. The van der Waals surface area contributed by atoms with E-state index in [9.17, 15) is 18.0 Å². The molecule has 0 saturated carbocycles. The highest BCUT2D eigenvalue weighted by atomic mass is 19.3. The van der Waals surface area contributed by atoms with E-state index in [1.165, 1.54) is 0 Å². The molecule has 3 nitrogen and oxygen atoms in total. The van der Waals surface area contributed by atoms with E-state index >= 15 is 0 Å². The maximum atomic E-state index is 12.7. The average Bonchev–Trinajstić information content (AvgIpc) is 2.03. The lowest BCUT2D eigenvalue weighted by Gasteiger charge is -2.01. The lowest BCUT2D eigenvalue weighted by molar-refractivity contribution is 0.0998. The van der Waals surface area contributed by atoms with Gasteiger partial charge in [0.15, 0.2) is 5.82 Å². The number of pyridine rings is 1. The van der Waals surface area contributed by atoms with E-state index in [-0.39, 0.29) is 5.56 Å². The zero-order chi connectivity index (χ0) is 10.0. The van der Waals surface area contributed by atoms with Gasteiger partial charge in [-0.2, -0.15) is 0 Å². The quantitative estimate of drug-likeness (QED) is 0.763. The van der Waals surface area contributed by atoms with Crippen molar-refractivity contribution in [1.29, 1.82) is 0 Å². The van der Waals surface area contributed by atoms with E-state index in [0.29, 0.717) is 6.07 Å². The number of carbonyl (C=O) groups excluding carboxylic acids is 1. The fraction of sp³-hybridized carbons (Fsp3) is 0.143. The molecule has 0 fully saturated rings. The summed E-state index contributed by atoms with van der Waals surface area (Å²) in [5.74, 6) is -2.14. The standard InChI is InChI=1S/C7H5F3N2O/c8-4-1-3(7(11)13)2-12-5(4)6(9)10/h1-2,6H,(H2,11,13). The monoisotopic (exact) mass is 190 g/mol. The summed E-state index contributed by atoms with van der Waals surface area (Å²) in [7, 11) is 0. The Hall–Kier alpha value is -1.59. The van der Waals surface area contributed by atoms with Crippen LogP contribution in [0.3, 0.4) is 0 Å². The third kappa shape index (κ3) is 1.95. The van der Waals surface area contributed by atoms with Gasteiger partial charge in [0.2, 0.25) is 5.91 Å². The number of amides is 1. The lowest BCUT2D eigenvalue weighted by Crippen LogP contribution is -2.12. The molecule has 1 rings (SSSR count). The Morgan fingerprint density at radius 2 is 2.15 bits per heavy atom. The molecule has 0 aliphatic rings. The summed E-state index contributed by atoms with van der Waals surface area (Å²) < 4.78 is 36.6. The van der Waals surface area contributed by atoms with Crippen molar-refractivity contribution < 1.29 is 18.0 Å². The number of halogens is 3. The van der Waals surface area contributed by atoms with E-state index < -0.39 is 23.8 Å². The van der Waals surface area contributed by atoms with E-state index in [1.807, 2.05) is 0 Å². The van der Waals surface area contributed by atoms with Crippen molar-refractivity contribution in [3.8, 4) is 0 Å². The first kappa shape index (κ1) is 9.50. The molecule has 0 aromatic carbocycles. The molecule has 13 heavy (non-hydrogen) atoms. The van der Waals surface area contributed by atoms with E-state index in [1.54, 1.807) is 0 Å². The molecule has 70 valence electrons. The highest BCUT2D eigenvalue weighted by Crippen LogP contribution is 2.19. The molecule has 0 aliphatic heterocycles. The molecule has 1 amide bonds. The molecule has 1 aromatic heterocycles. The maximum absolute atomic E-state index is 12.7. The van der Waals surface area contributed by atoms with Crippen LogP contribution in [0.15, 0.2) is 12.3 Å². The molecule has 1 aromatic rings. The van der Waals surface area contributed by atoms with Crippen LogP contribution in [0.25, 0.3) is 0 Å². The summed E-state index contributed by atoms with van der Waals surface area (Å²) in [6.45, 7) is 0. The lowest BCUT2D eigenvalue weighted by atomic mass is 10.2. The summed E-state index contributed by atoms with van der Waals surface area (Å²) in [4.78, 5) is 13.5. The van der Waals surface area contributed by atoms with Crippen LogP contribution < -0.4 is 5.73 Å². The molecule has 2 N–H and O–H groups in total. The van der Waals surface area contributed by atoms with Crippen LogP contribution >= 0.6 is 0 Å². The molecule has 0 bridgehead atoms. The summed E-state index contributed by atoms with van der Waals surface area (Å²) in [5, 5.41) is 0. The predicted molar refractivity (Wildman–Crippen MR) is 37.7 cm³/mol. The van der Waals surface area contributed by atoms with Gasteiger partial charge in [0.1, 0.15) is 5.69 Å². The zero-order valence-corrected chi connectivity index (χ0v) is 6.30. The topological polar surface area (TPSA) is 56.0 Å². The third-order valence-electron chi connectivity index (χ3n) is 1.36. The average molecular weight is 190 g/mol. The Morgan fingerprint density at radius 3 is 2.54 bits per heavy atom. The smallest absolute Gasteiger partial charge is 0.283 e. The van der Waals surface area contributed by atoms with Gasteiger partial charge in [0.25, 0.3) is 6.43 Å². The Morgan fingerprint density at radius 1 is 1.54 bits per heavy atom. The van der Waals surface area contributed by atoms with Gasteiger partial charge >= 0.3 is 0 Å². The Bertz CT molecular complexity index is 341. The van der Waals surface area contributed by atoms with Crippen LogP contribution in [0, 0.1) is 5.82 Å². The maximum Gasteiger partial charge on any atom is 0.283 e. The molecular formula is C7H5F3N2O. The first-order valence-corrected chi connectivity index (χ1v) is 3.25. The fourth-order valence-corrected chi connectivity index (χ4v) is 0.744. The van der Waals surface area contributed by atoms with Crippen LogP contribution in [-0.2, 0) is 0 Å². The first-order chi connectivity index (χ1) is 6.02. The normalized spacial score (nSPS) is 10.5. The SMILES string of the molecule is NC(=O)c1cnc(C(F)F)c(F)c1. The number of carbonyl (C=O) groups is 1. The Balaban J connectivity index is 3.13. The van der Waals surface area contributed by atoms with Crippen molar-refractivity contribution in [2.45, 2.75) is 6.43 Å².